The number of pyridine rings is 1. The largest absolute Gasteiger partial charge is 0.497 e. The second-order valence-corrected chi connectivity index (χ2v) is 9.52. The maximum atomic E-state index is 5.93. The molecule has 0 saturated carbocycles. The molecule has 0 spiro atoms. The van der Waals surface area contributed by atoms with Gasteiger partial charge in [-0.2, -0.15) is 0 Å². The number of ether oxygens (including phenoxy) is 1. The van der Waals surface area contributed by atoms with Gasteiger partial charge in [0.2, 0.25) is 0 Å². The minimum Gasteiger partial charge on any atom is -0.497 e. The lowest BCUT2D eigenvalue weighted by Crippen LogP contribution is -2.29. The molecule has 5 nitrogen and oxygen atoms in total. The smallest absolute Gasteiger partial charge is 0.174 e. The molecule has 0 radical (unpaired) electrons. The van der Waals surface area contributed by atoms with Crippen molar-refractivity contribution in [3.8, 4) is 11.4 Å². The quantitative estimate of drug-likeness (QED) is 0.339. The van der Waals surface area contributed by atoms with Gasteiger partial charge in [-0.1, -0.05) is 18.2 Å². The average molecular weight is 483 g/mol. The first-order valence-corrected chi connectivity index (χ1v) is 12.2. The number of nitrogens with one attached hydrogen (secondary N) is 1. The predicted molar refractivity (Wildman–Crippen MR) is 146 cm³/mol. The molecule has 0 bridgehead atoms. The third-order valence-electron chi connectivity index (χ3n) is 6.97. The monoisotopic (exact) mass is 482 g/mol. The van der Waals surface area contributed by atoms with E-state index < -0.39 is 0 Å². The first-order chi connectivity index (χ1) is 16.9. The number of benzene rings is 2. The molecule has 6 heteroatoms. The number of nitrogens with zero attached hydrogens (tertiary/aromatic N) is 3. The van der Waals surface area contributed by atoms with Gasteiger partial charge in [0.05, 0.1) is 24.9 Å². The Balaban J connectivity index is 1.68. The van der Waals surface area contributed by atoms with E-state index in [1.54, 1.807) is 7.11 Å². The van der Waals surface area contributed by atoms with Gasteiger partial charge in [0, 0.05) is 35.0 Å². The molecule has 4 aromatic rings. The Labute approximate surface area is 212 Å². The van der Waals surface area contributed by atoms with E-state index in [1.165, 1.54) is 22.4 Å². The Hall–Kier alpha value is -3.64. The molecule has 35 heavy (non-hydrogen) atoms. The zero-order valence-corrected chi connectivity index (χ0v) is 21.6. The van der Waals surface area contributed by atoms with E-state index >= 15 is 0 Å². The van der Waals surface area contributed by atoms with Gasteiger partial charge in [0.1, 0.15) is 5.75 Å². The molecule has 0 aliphatic carbocycles. The molecule has 2 atom stereocenters. The van der Waals surface area contributed by atoms with Crippen molar-refractivity contribution in [1.82, 2.24) is 14.9 Å². The molecular formula is C29H30N4OS. The summed E-state index contributed by atoms with van der Waals surface area (Å²) < 4.78 is 7.78. The van der Waals surface area contributed by atoms with Gasteiger partial charge < -0.3 is 19.5 Å². The number of thiocarbonyl (C=S) groups is 1. The number of aromatic nitrogens is 2. The highest BCUT2D eigenvalue weighted by Crippen LogP contribution is 2.44. The van der Waals surface area contributed by atoms with E-state index in [1.807, 2.05) is 30.5 Å². The van der Waals surface area contributed by atoms with Crippen molar-refractivity contribution in [2.75, 3.05) is 12.0 Å². The van der Waals surface area contributed by atoms with Crippen LogP contribution >= 0.6 is 12.2 Å². The van der Waals surface area contributed by atoms with Crippen LogP contribution in [0.5, 0.6) is 5.75 Å². The van der Waals surface area contributed by atoms with Crippen molar-refractivity contribution in [2.45, 2.75) is 39.8 Å². The first-order valence-electron chi connectivity index (χ1n) is 11.8. The molecule has 2 unspecified atom stereocenters. The van der Waals surface area contributed by atoms with Gasteiger partial charge in [0.25, 0.3) is 0 Å². The minimum atomic E-state index is -0.0791. The van der Waals surface area contributed by atoms with E-state index in [4.69, 9.17) is 21.9 Å². The lowest BCUT2D eigenvalue weighted by molar-refractivity contribution is 0.414. The number of aryl methyl sites for hydroxylation is 3. The lowest BCUT2D eigenvalue weighted by Gasteiger charge is -2.28. The van der Waals surface area contributed by atoms with Crippen molar-refractivity contribution in [1.29, 1.82) is 0 Å². The summed E-state index contributed by atoms with van der Waals surface area (Å²) in [6.07, 6.45) is 1.84. The molecule has 3 heterocycles. The summed E-state index contributed by atoms with van der Waals surface area (Å²) in [5.41, 5.74) is 9.17. The Morgan fingerprint density at radius 2 is 1.71 bits per heavy atom. The fourth-order valence-corrected chi connectivity index (χ4v) is 5.40. The van der Waals surface area contributed by atoms with E-state index in [-0.39, 0.29) is 12.1 Å². The molecule has 1 aliphatic heterocycles. The van der Waals surface area contributed by atoms with Gasteiger partial charge >= 0.3 is 0 Å². The van der Waals surface area contributed by atoms with Crippen LogP contribution in [0.4, 0.5) is 5.69 Å². The second kappa shape index (κ2) is 9.19. The van der Waals surface area contributed by atoms with E-state index in [2.05, 4.69) is 84.9 Å². The highest BCUT2D eigenvalue weighted by molar-refractivity contribution is 7.80. The van der Waals surface area contributed by atoms with Crippen molar-refractivity contribution in [3.05, 3.63) is 107 Å². The Morgan fingerprint density at radius 3 is 2.43 bits per heavy atom. The molecule has 178 valence electrons. The van der Waals surface area contributed by atoms with Crippen LogP contribution < -0.4 is 15.0 Å². The Kier molecular flexibility index (Phi) is 6.07. The van der Waals surface area contributed by atoms with Gasteiger partial charge in [0.15, 0.2) is 5.11 Å². The third-order valence-corrected chi connectivity index (χ3v) is 7.28. The topological polar surface area (TPSA) is 42.3 Å². The SMILES string of the molecule is COc1cccc(-n2c(C)cc(C3C(c4ccccn4)NC(=S)N3c3ccc(C)c(C)c3)c2C)c1. The van der Waals surface area contributed by atoms with Crippen molar-refractivity contribution in [2.24, 2.45) is 0 Å². The van der Waals surface area contributed by atoms with Gasteiger partial charge in [-0.3, -0.25) is 4.98 Å². The third kappa shape index (κ3) is 4.08. The zero-order valence-electron chi connectivity index (χ0n) is 20.7. The number of methoxy groups -OCH3 is 1. The van der Waals surface area contributed by atoms with Gasteiger partial charge in [-0.25, -0.2) is 0 Å². The highest BCUT2D eigenvalue weighted by Gasteiger charge is 2.42. The maximum absolute atomic E-state index is 5.93. The summed E-state index contributed by atoms with van der Waals surface area (Å²) in [6.45, 7) is 8.60. The lowest BCUT2D eigenvalue weighted by atomic mass is 9.96. The minimum absolute atomic E-state index is 0.0509. The average Bonchev–Trinajstić information content (AvgIpc) is 3.36. The highest BCUT2D eigenvalue weighted by atomic mass is 32.1. The van der Waals surface area contributed by atoms with Crippen LogP contribution in [0.2, 0.25) is 0 Å². The zero-order chi connectivity index (χ0) is 24.7. The molecule has 0 amide bonds. The number of hydrogen-bond donors (Lipinski definition) is 1. The number of hydrogen-bond acceptors (Lipinski definition) is 3. The summed E-state index contributed by atoms with van der Waals surface area (Å²) in [4.78, 5) is 6.95. The summed E-state index contributed by atoms with van der Waals surface area (Å²) in [7, 11) is 1.70. The van der Waals surface area contributed by atoms with Crippen LogP contribution in [0.15, 0.2) is 72.9 Å². The Morgan fingerprint density at radius 1 is 0.886 bits per heavy atom. The normalized spacial score (nSPS) is 17.5. The van der Waals surface area contributed by atoms with Gasteiger partial charge in [-0.05, 0) is 99.1 Å². The van der Waals surface area contributed by atoms with Crippen LogP contribution in [0.1, 0.15) is 45.9 Å². The van der Waals surface area contributed by atoms with Crippen LogP contribution in [0, 0.1) is 27.7 Å². The molecular weight excluding hydrogens is 452 g/mol. The standard InChI is InChI=1S/C29H30N4OS/c1-18-12-13-23(15-19(18)2)33-28(27(31-29(33)35)26-11-6-7-14-30-26)25-16-20(3)32(21(25)4)22-9-8-10-24(17-22)34-5/h6-17,27-28H,1-5H3,(H,31,35). The van der Waals surface area contributed by atoms with Gasteiger partial charge in [-0.15, -0.1) is 0 Å². The molecule has 5 rings (SSSR count). The van der Waals surface area contributed by atoms with Crippen LogP contribution in [-0.4, -0.2) is 21.8 Å². The Bertz CT molecular complexity index is 1400. The summed E-state index contributed by atoms with van der Waals surface area (Å²) in [5, 5.41) is 4.29. The number of anilines is 1. The van der Waals surface area contributed by atoms with Crippen LogP contribution in [0.3, 0.4) is 0 Å². The summed E-state index contributed by atoms with van der Waals surface area (Å²) >= 11 is 5.93. The fraction of sp³-hybridized carbons (Fsp3) is 0.241. The molecule has 1 fully saturated rings. The molecule has 2 aromatic heterocycles. The van der Waals surface area contributed by atoms with Crippen molar-refractivity contribution in [3.63, 3.8) is 0 Å². The van der Waals surface area contributed by atoms with E-state index in [0.717, 1.165) is 28.5 Å². The molecule has 1 saturated heterocycles. The number of rotatable bonds is 5. The molecule has 1 aliphatic rings. The van der Waals surface area contributed by atoms with Crippen LogP contribution in [0.25, 0.3) is 5.69 Å². The van der Waals surface area contributed by atoms with E-state index in [0.29, 0.717) is 5.11 Å². The second-order valence-electron chi connectivity index (χ2n) is 9.13. The summed E-state index contributed by atoms with van der Waals surface area (Å²) in [5.74, 6) is 0.836. The first kappa shape index (κ1) is 23.1. The maximum Gasteiger partial charge on any atom is 0.174 e. The molecule has 2 aromatic carbocycles. The summed E-state index contributed by atoms with van der Waals surface area (Å²) in [6, 6.07) is 22.9. The van der Waals surface area contributed by atoms with Crippen molar-refractivity contribution >= 4 is 23.0 Å². The van der Waals surface area contributed by atoms with Crippen molar-refractivity contribution < 1.29 is 4.74 Å². The van der Waals surface area contributed by atoms with E-state index in [9.17, 15) is 0 Å². The predicted octanol–water partition coefficient (Wildman–Crippen LogP) is 6.29. The molecule has 1 N–H and O–H groups in total. The fourth-order valence-electron chi connectivity index (χ4n) is 5.06. The van der Waals surface area contributed by atoms with Crippen LogP contribution in [-0.2, 0) is 0 Å².